The van der Waals surface area contributed by atoms with Gasteiger partial charge >= 0.3 is 0 Å². The highest BCUT2D eigenvalue weighted by Gasteiger charge is 2.20. The van der Waals surface area contributed by atoms with Gasteiger partial charge in [-0.25, -0.2) is 8.42 Å². The number of sulfone groups is 1. The molecule has 0 spiro atoms. The second-order valence-corrected chi connectivity index (χ2v) is 10.9. The van der Waals surface area contributed by atoms with Gasteiger partial charge in [0.25, 0.3) is 5.91 Å². The Hall–Kier alpha value is -2.81. The van der Waals surface area contributed by atoms with Crippen molar-refractivity contribution in [3.05, 3.63) is 57.3 Å². The smallest absolute Gasteiger partial charge is 0.268 e. The van der Waals surface area contributed by atoms with Gasteiger partial charge in [0.1, 0.15) is 11.6 Å². The Morgan fingerprint density at radius 2 is 1.97 bits per heavy atom. The number of aromatic nitrogens is 3. The van der Waals surface area contributed by atoms with E-state index in [4.69, 9.17) is 0 Å². The molecule has 8 nitrogen and oxygen atoms in total. The first kappa shape index (κ1) is 22.9. The van der Waals surface area contributed by atoms with E-state index in [9.17, 15) is 18.5 Å². The van der Waals surface area contributed by atoms with Crippen molar-refractivity contribution in [3.63, 3.8) is 0 Å². The number of amides is 1. The number of hydrogen-bond acceptors (Lipinski definition) is 7. The molecule has 2 aromatic heterocycles. The van der Waals surface area contributed by atoms with Crippen LogP contribution in [0.15, 0.2) is 44.7 Å². The van der Waals surface area contributed by atoms with Crippen LogP contribution in [0.2, 0.25) is 0 Å². The molecule has 1 aromatic carbocycles. The minimum Gasteiger partial charge on any atom is -0.318 e. The number of hydrogen-bond donors (Lipinski definition) is 1. The maximum absolute atomic E-state index is 12.6. The van der Waals surface area contributed by atoms with Gasteiger partial charge in [-0.1, -0.05) is 34.2 Å². The maximum Gasteiger partial charge on any atom is 0.268 e. The Bertz CT molecular complexity index is 1320. The third-order valence-electron chi connectivity index (χ3n) is 4.49. The molecule has 0 bridgehead atoms. The summed E-state index contributed by atoms with van der Waals surface area (Å²) in [6.45, 7) is 5.34. The number of carbonyl (C=O) groups is 1. The zero-order valence-electron chi connectivity index (χ0n) is 16.9. The minimum absolute atomic E-state index is 0.0125. The minimum atomic E-state index is -3.52. The first-order chi connectivity index (χ1) is 14.7. The Morgan fingerprint density at radius 1 is 1.29 bits per heavy atom. The molecular formula is C20H18BrN5O3S2. The molecule has 1 amide bonds. The molecule has 0 radical (unpaired) electrons. The molecule has 31 heavy (non-hydrogen) atoms. The van der Waals surface area contributed by atoms with Crippen molar-refractivity contribution >= 4 is 54.2 Å². The molecule has 0 saturated carbocycles. The van der Waals surface area contributed by atoms with Crippen molar-refractivity contribution in [2.75, 3.05) is 11.1 Å². The van der Waals surface area contributed by atoms with Crippen molar-refractivity contribution in [1.82, 2.24) is 14.8 Å². The van der Waals surface area contributed by atoms with E-state index in [0.717, 1.165) is 38.4 Å². The summed E-state index contributed by atoms with van der Waals surface area (Å²) in [7, 11) is -3.52. The number of benzene rings is 1. The lowest BCUT2D eigenvalue weighted by molar-refractivity contribution is -0.112. The van der Waals surface area contributed by atoms with E-state index >= 15 is 0 Å². The van der Waals surface area contributed by atoms with Crippen LogP contribution in [0.1, 0.15) is 23.9 Å². The van der Waals surface area contributed by atoms with Crippen molar-refractivity contribution in [3.8, 4) is 11.8 Å². The molecule has 0 saturated heterocycles. The van der Waals surface area contributed by atoms with Crippen molar-refractivity contribution in [2.45, 2.75) is 25.1 Å². The predicted molar refractivity (Wildman–Crippen MR) is 123 cm³/mol. The predicted octanol–water partition coefficient (Wildman–Crippen LogP) is 4.05. The molecule has 1 N–H and O–H groups in total. The summed E-state index contributed by atoms with van der Waals surface area (Å²) in [5.41, 5.74) is 3.36. The van der Waals surface area contributed by atoms with E-state index in [1.807, 2.05) is 54.8 Å². The Morgan fingerprint density at radius 3 is 2.58 bits per heavy atom. The van der Waals surface area contributed by atoms with Crippen LogP contribution in [-0.4, -0.2) is 34.8 Å². The van der Waals surface area contributed by atoms with E-state index in [-0.39, 0.29) is 20.8 Å². The summed E-state index contributed by atoms with van der Waals surface area (Å²) in [6, 6.07) is 11.6. The zero-order valence-corrected chi connectivity index (χ0v) is 20.1. The third kappa shape index (κ3) is 4.92. The lowest BCUT2D eigenvalue weighted by Gasteiger charge is -2.09. The second-order valence-electron chi connectivity index (χ2n) is 6.54. The SMILES string of the molecule is CCS(=O)(=O)c1nnc(NC(=O)/C(C#N)=C\c2cc(C)n(-c3ccc(Br)cc3)c2C)s1. The molecule has 0 fully saturated rings. The molecule has 0 unspecified atom stereocenters. The third-order valence-corrected chi connectivity index (χ3v) is 8.04. The van der Waals surface area contributed by atoms with Crippen LogP contribution in [0.5, 0.6) is 0 Å². The van der Waals surface area contributed by atoms with Crippen LogP contribution in [0, 0.1) is 25.2 Å². The summed E-state index contributed by atoms with van der Waals surface area (Å²) >= 11 is 4.17. The van der Waals surface area contributed by atoms with Crippen LogP contribution in [0.25, 0.3) is 11.8 Å². The fourth-order valence-electron chi connectivity index (χ4n) is 2.90. The highest BCUT2D eigenvalue weighted by Crippen LogP contribution is 2.25. The fraction of sp³-hybridized carbons (Fsp3) is 0.200. The number of anilines is 1. The molecule has 0 aliphatic rings. The van der Waals surface area contributed by atoms with Gasteiger partial charge in [0.15, 0.2) is 0 Å². The average molecular weight is 520 g/mol. The summed E-state index contributed by atoms with van der Waals surface area (Å²) in [4.78, 5) is 12.6. The Kier molecular flexibility index (Phi) is 6.74. The van der Waals surface area contributed by atoms with Crippen molar-refractivity contribution < 1.29 is 13.2 Å². The van der Waals surface area contributed by atoms with Gasteiger partial charge in [0.05, 0.1) is 5.75 Å². The first-order valence-corrected chi connectivity index (χ1v) is 12.4. The van der Waals surface area contributed by atoms with Gasteiger partial charge < -0.3 is 4.57 Å². The molecule has 160 valence electrons. The highest BCUT2D eigenvalue weighted by molar-refractivity contribution is 9.10. The van der Waals surface area contributed by atoms with Crippen LogP contribution in [0.4, 0.5) is 5.13 Å². The zero-order chi connectivity index (χ0) is 22.8. The van der Waals surface area contributed by atoms with Gasteiger partial charge in [0, 0.05) is 21.5 Å². The van der Waals surface area contributed by atoms with Gasteiger partial charge in [-0.15, -0.1) is 10.2 Å². The van der Waals surface area contributed by atoms with Crippen LogP contribution < -0.4 is 5.32 Å². The Labute approximate surface area is 192 Å². The van der Waals surface area contributed by atoms with Gasteiger partial charge in [-0.2, -0.15) is 5.26 Å². The standard InChI is InChI=1S/C20H18BrN5O3S2/c1-4-31(28,29)20-25-24-19(30-20)23-18(27)15(11-22)10-14-9-12(2)26(13(14)3)17-7-5-16(21)6-8-17/h5-10H,4H2,1-3H3,(H,23,24,27)/b15-10-. The topological polar surface area (TPSA) is 118 Å². The monoisotopic (exact) mass is 519 g/mol. The van der Waals surface area contributed by atoms with E-state index in [2.05, 4.69) is 31.4 Å². The van der Waals surface area contributed by atoms with Gasteiger partial charge in [-0.05, 0) is 55.8 Å². The maximum atomic E-state index is 12.6. The highest BCUT2D eigenvalue weighted by atomic mass is 79.9. The summed E-state index contributed by atoms with van der Waals surface area (Å²) in [6.07, 6.45) is 1.50. The van der Waals surface area contributed by atoms with E-state index in [1.165, 1.54) is 13.0 Å². The molecule has 2 heterocycles. The average Bonchev–Trinajstić information content (AvgIpc) is 3.31. The normalized spacial score (nSPS) is 11.9. The summed E-state index contributed by atoms with van der Waals surface area (Å²) in [5, 5.41) is 19.3. The van der Waals surface area contributed by atoms with Crippen LogP contribution in [-0.2, 0) is 14.6 Å². The first-order valence-electron chi connectivity index (χ1n) is 9.10. The van der Waals surface area contributed by atoms with E-state index in [1.54, 1.807) is 0 Å². The number of rotatable bonds is 6. The van der Waals surface area contributed by atoms with E-state index < -0.39 is 15.7 Å². The molecule has 3 rings (SSSR count). The number of aryl methyl sites for hydroxylation is 1. The number of nitriles is 1. The quantitative estimate of drug-likeness (QED) is 0.298. The van der Waals surface area contributed by atoms with Crippen molar-refractivity contribution in [2.24, 2.45) is 0 Å². The number of halogens is 1. The van der Waals surface area contributed by atoms with Gasteiger partial charge in [0.2, 0.25) is 19.3 Å². The molecule has 0 aliphatic carbocycles. The number of nitrogens with one attached hydrogen (secondary N) is 1. The summed E-state index contributed by atoms with van der Waals surface area (Å²) < 4.78 is 26.5. The Balaban J connectivity index is 1.88. The second kappa shape index (κ2) is 9.13. The molecule has 11 heteroatoms. The molecular weight excluding hydrogens is 502 g/mol. The lowest BCUT2D eigenvalue weighted by Crippen LogP contribution is -2.13. The summed E-state index contributed by atoms with van der Waals surface area (Å²) in [5.74, 6) is -0.806. The largest absolute Gasteiger partial charge is 0.318 e. The van der Waals surface area contributed by atoms with Crippen molar-refractivity contribution in [1.29, 1.82) is 5.26 Å². The number of nitrogens with zero attached hydrogens (tertiary/aromatic N) is 4. The number of carbonyl (C=O) groups excluding carboxylic acids is 1. The molecule has 3 aromatic rings. The molecule has 0 atom stereocenters. The fourth-order valence-corrected chi connectivity index (χ4v) is 5.15. The van der Waals surface area contributed by atoms with Crippen LogP contribution >= 0.6 is 27.3 Å². The van der Waals surface area contributed by atoms with Crippen LogP contribution in [0.3, 0.4) is 0 Å². The van der Waals surface area contributed by atoms with E-state index in [0.29, 0.717) is 0 Å². The lowest BCUT2D eigenvalue weighted by atomic mass is 10.1. The molecule has 0 aliphatic heterocycles. The van der Waals surface area contributed by atoms with Gasteiger partial charge in [-0.3, -0.25) is 10.1 Å².